The van der Waals surface area contributed by atoms with Gasteiger partial charge in [0.15, 0.2) is 0 Å². The highest BCUT2D eigenvalue weighted by Crippen LogP contribution is 2.41. The summed E-state index contributed by atoms with van der Waals surface area (Å²) < 4.78 is 6.29. The number of hydrogen-bond acceptors (Lipinski definition) is 3. The molecule has 4 heteroatoms. The summed E-state index contributed by atoms with van der Waals surface area (Å²) in [4.78, 5) is 11.2. The monoisotopic (exact) mass is 268 g/mol. The first-order valence-electron chi connectivity index (χ1n) is 7.62. The lowest BCUT2D eigenvalue weighted by Gasteiger charge is -2.33. The highest BCUT2D eigenvalue weighted by molar-refractivity contribution is 5.80. The van der Waals surface area contributed by atoms with Gasteiger partial charge in [-0.15, -0.1) is 0 Å². The van der Waals surface area contributed by atoms with Gasteiger partial charge >= 0.3 is 0 Å². The van der Waals surface area contributed by atoms with Crippen molar-refractivity contribution in [1.82, 2.24) is 5.32 Å². The van der Waals surface area contributed by atoms with Crippen molar-refractivity contribution in [1.29, 1.82) is 0 Å². The van der Waals surface area contributed by atoms with Crippen LogP contribution in [0, 0.1) is 5.41 Å². The van der Waals surface area contributed by atoms with Crippen LogP contribution in [0.15, 0.2) is 0 Å². The van der Waals surface area contributed by atoms with Gasteiger partial charge in [0.25, 0.3) is 0 Å². The Morgan fingerprint density at radius 2 is 2.00 bits per heavy atom. The van der Waals surface area contributed by atoms with E-state index < -0.39 is 5.41 Å². The Labute approximate surface area is 116 Å². The first-order valence-corrected chi connectivity index (χ1v) is 7.62. The Hall–Kier alpha value is -0.610. The molecular formula is C15H28N2O2. The number of carbonyl (C=O) groups is 1. The van der Waals surface area contributed by atoms with Gasteiger partial charge < -0.3 is 15.8 Å². The minimum absolute atomic E-state index is 0.184. The molecule has 110 valence electrons. The fourth-order valence-electron chi connectivity index (χ4n) is 3.24. The molecule has 3 N–H and O–H groups in total. The van der Waals surface area contributed by atoms with Crippen LogP contribution in [0.1, 0.15) is 58.8 Å². The van der Waals surface area contributed by atoms with Gasteiger partial charge in [-0.2, -0.15) is 0 Å². The molecule has 0 aromatic carbocycles. The van der Waals surface area contributed by atoms with Crippen LogP contribution in [0.4, 0.5) is 0 Å². The van der Waals surface area contributed by atoms with Crippen LogP contribution in [0.2, 0.25) is 0 Å². The summed E-state index contributed by atoms with van der Waals surface area (Å²) >= 11 is 0. The van der Waals surface area contributed by atoms with Crippen molar-refractivity contribution in [3.05, 3.63) is 0 Å². The fraction of sp³-hybridized carbons (Fsp3) is 0.933. The molecule has 0 aromatic rings. The normalized spacial score (nSPS) is 26.7. The van der Waals surface area contributed by atoms with Crippen molar-refractivity contribution in [2.45, 2.75) is 70.5 Å². The molecule has 2 rings (SSSR count). The number of nitrogens with two attached hydrogens (primary N) is 1. The van der Waals surface area contributed by atoms with Gasteiger partial charge in [-0.3, -0.25) is 4.79 Å². The van der Waals surface area contributed by atoms with Crippen LogP contribution in [0.3, 0.4) is 0 Å². The van der Waals surface area contributed by atoms with Gasteiger partial charge in [-0.25, -0.2) is 0 Å². The van der Waals surface area contributed by atoms with Crippen LogP contribution in [-0.4, -0.2) is 30.7 Å². The minimum Gasteiger partial charge on any atom is -0.370 e. The summed E-state index contributed by atoms with van der Waals surface area (Å²) in [6.07, 6.45) is 9.11. The van der Waals surface area contributed by atoms with E-state index in [9.17, 15) is 4.79 Å². The summed E-state index contributed by atoms with van der Waals surface area (Å²) in [6, 6.07) is 0. The summed E-state index contributed by atoms with van der Waals surface area (Å²) in [5.74, 6) is -0.254. The van der Waals surface area contributed by atoms with Gasteiger partial charge in [0.05, 0.1) is 17.1 Å². The Morgan fingerprint density at radius 3 is 2.63 bits per heavy atom. The minimum atomic E-state index is -0.485. The number of carbonyl (C=O) groups excluding carboxylic acids is 1. The second kappa shape index (κ2) is 5.80. The summed E-state index contributed by atoms with van der Waals surface area (Å²) in [5.41, 5.74) is 5.07. The molecule has 1 heterocycles. The molecule has 1 aliphatic heterocycles. The third kappa shape index (κ3) is 3.69. The number of nitrogens with one attached hydrogen (secondary N) is 1. The average molecular weight is 268 g/mol. The maximum atomic E-state index is 11.2. The van der Waals surface area contributed by atoms with E-state index in [4.69, 9.17) is 10.5 Å². The molecule has 1 saturated carbocycles. The molecule has 19 heavy (non-hydrogen) atoms. The highest BCUT2D eigenvalue weighted by Gasteiger charge is 2.40. The van der Waals surface area contributed by atoms with E-state index >= 15 is 0 Å². The van der Waals surface area contributed by atoms with Crippen molar-refractivity contribution < 1.29 is 9.53 Å². The smallest absolute Gasteiger partial charge is 0.224 e. The van der Waals surface area contributed by atoms with Gasteiger partial charge in [0.2, 0.25) is 5.91 Å². The molecule has 0 radical (unpaired) electrons. The largest absolute Gasteiger partial charge is 0.370 e. The van der Waals surface area contributed by atoms with Gasteiger partial charge in [-0.1, -0.05) is 19.3 Å². The predicted molar refractivity (Wildman–Crippen MR) is 75.8 cm³/mol. The molecule has 1 aliphatic carbocycles. The third-order valence-electron chi connectivity index (χ3n) is 4.71. The molecule has 1 spiro atoms. The number of amides is 1. The van der Waals surface area contributed by atoms with Gasteiger partial charge in [-0.05, 0) is 39.5 Å². The topological polar surface area (TPSA) is 64.3 Å². The number of ether oxygens (including phenoxy) is 1. The van der Waals surface area contributed by atoms with Crippen LogP contribution in [0.5, 0.6) is 0 Å². The summed E-state index contributed by atoms with van der Waals surface area (Å²) in [5, 5.41) is 3.35. The molecule has 2 fully saturated rings. The Bertz CT molecular complexity index is 322. The lowest BCUT2D eigenvalue weighted by atomic mass is 9.83. The Morgan fingerprint density at radius 1 is 1.32 bits per heavy atom. The average Bonchev–Trinajstić information content (AvgIpc) is 2.73. The van der Waals surface area contributed by atoms with Crippen LogP contribution in [-0.2, 0) is 9.53 Å². The van der Waals surface area contributed by atoms with Crippen molar-refractivity contribution in [3.63, 3.8) is 0 Å². The van der Waals surface area contributed by atoms with E-state index in [1.807, 2.05) is 13.8 Å². The molecular weight excluding hydrogens is 240 g/mol. The Balaban J connectivity index is 1.72. The lowest BCUT2D eigenvalue weighted by Crippen LogP contribution is -2.43. The molecule has 4 nitrogen and oxygen atoms in total. The molecule has 1 unspecified atom stereocenters. The van der Waals surface area contributed by atoms with E-state index in [0.717, 1.165) is 13.0 Å². The second-order valence-electron chi connectivity index (χ2n) is 6.90. The van der Waals surface area contributed by atoms with E-state index in [0.29, 0.717) is 12.6 Å². The van der Waals surface area contributed by atoms with Gasteiger partial charge in [0, 0.05) is 13.1 Å². The zero-order chi connectivity index (χ0) is 13.9. The van der Waals surface area contributed by atoms with E-state index in [1.54, 1.807) is 0 Å². The van der Waals surface area contributed by atoms with Crippen LogP contribution in [0.25, 0.3) is 0 Å². The number of rotatable bonds is 5. The van der Waals surface area contributed by atoms with Crippen LogP contribution >= 0.6 is 0 Å². The molecule has 0 aromatic heterocycles. The van der Waals surface area contributed by atoms with Gasteiger partial charge in [0.1, 0.15) is 0 Å². The van der Waals surface area contributed by atoms with Crippen molar-refractivity contribution >= 4 is 5.91 Å². The first-order chi connectivity index (χ1) is 8.94. The Kier molecular flexibility index (Phi) is 4.51. The molecule has 2 aliphatic rings. The maximum absolute atomic E-state index is 11.2. The number of hydrogen-bond donors (Lipinski definition) is 2. The van der Waals surface area contributed by atoms with E-state index in [-0.39, 0.29) is 11.5 Å². The summed E-state index contributed by atoms with van der Waals surface area (Å²) in [7, 11) is 0. The first kappa shape index (κ1) is 14.8. The van der Waals surface area contributed by atoms with E-state index in [2.05, 4.69) is 5.32 Å². The second-order valence-corrected chi connectivity index (χ2v) is 6.90. The van der Waals surface area contributed by atoms with Crippen molar-refractivity contribution in [2.24, 2.45) is 11.1 Å². The third-order valence-corrected chi connectivity index (χ3v) is 4.71. The van der Waals surface area contributed by atoms with Crippen molar-refractivity contribution in [3.8, 4) is 0 Å². The summed E-state index contributed by atoms with van der Waals surface area (Å²) in [6.45, 7) is 5.20. The zero-order valence-electron chi connectivity index (χ0n) is 12.3. The lowest BCUT2D eigenvalue weighted by molar-refractivity contribution is -0.125. The molecule has 0 bridgehead atoms. The van der Waals surface area contributed by atoms with Crippen molar-refractivity contribution in [2.75, 3.05) is 13.1 Å². The standard InChI is InChI=1S/C15H28N2O2/c1-14(2,13(16)18)11-17-10-12-6-9-15(19-12)7-4-3-5-8-15/h12,17H,3-11H2,1-2H3,(H2,16,18). The zero-order valence-corrected chi connectivity index (χ0v) is 12.3. The highest BCUT2D eigenvalue weighted by atomic mass is 16.5. The number of primary amides is 1. The molecule has 1 saturated heterocycles. The SMILES string of the molecule is CC(C)(CNCC1CCC2(CCCCC2)O1)C(N)=O. The van der Waals surface area contributed by atoms with E-state index in [1.165, 1.54) is 38.5 Å². The fourth-order valence-corrected chi connectivity index (χ4v) is 3.24. The molecule has 1 atom stereocenters. The maximum Gasteiger partial charge on any atom is 0.224 e. The quantitative estimate of drug-likeness (QED) is 0.801. The molecule has 1 amide bonds. The van der Waals surface area contributed by atoms with Crippen LogP contribution < -0.4 is 11.1 Å². The predicted octanol–water partition coefficient (Wildman–Crippen LogP) is 1.97.